The molecule has 1 aromatic carbocycles. The van der Waals surface area contributed by atoms with Crippen molar-refractivity contribution in [3.8, 4) is 0 Å². The highest BCUT2D eigenvalue weighted by molar-refractivity contribution is 5.74. The second-order valence-electron chi connectivity index (χ2n) is 7.18. The van der Waals surface area contributed by atoms with E-state index >= 15 is 0 Å². The van der Waals surface area contributed by atoms with Crippen molar-refractivity contribution >= 4 is 11.7 Å². The van der Waals surface area contributed by atoms with Gasteiger partial charge in [0.05, 0.1) is 12.6 Å². The van der Waals surface area contributed by atoms with E-state index in [1.807, 2.05) is 17.0 Å². The first kappa shape index (κ1) is 17.0. The molecule has 26 heavy (non-hydrogen) atoms. The number of hydrogen-bond acceptors (Lipinski definition) is 4. The third-order valence-electron chi connectivity index (χ3n) is 5.58. The van der Waals surface area contributed by atoms with E-state index in [4.69, 9.17) is 0 Å². The lowest BCUT2D eigenvalue weighted by Gasteiger charge is -2.29. The highest BCUT2D eigenvalue weighted by Gasteiger charge is 2.48. The average Bonchev–Trinajstić information content (AvgIpc) is 3.19. The summed E-state index contributed by atoms with van der Waals surface area (Å²) in [6.45, 7) is 3.81. The van der Waals surface area contributed by atoms with Crippen LogP contribution in [0.4, 0.5) is 10.2 Å². The summed E-state index contributed by atoms with van der Waals surface area (Å²) < 4.78 is 13.8. The Morgan fingerprint density at radius 2 is 2.12 bits per heavy atom. The lowest BCUT2D eigenvalue weighted by molar-refractivity contribution is -0.130. The highest BCUT2D eigenvalue weighted by atomic mass is 19.1. The fraction of sp³-hybridized carbons (Fsp3) is 0.400. The van der Waals surface area contributed by atoms with Gasteiger partial charge in [-0.05, 0) is 35.4 Å². The molecule has 0 saturated carbocycles. The Kier molecular flexibility index (Phi) is 4.36. The summed E-state index contributed by atoms with van der Waals surface area (Å²) in [6, 6.07) is 10.2. The number of pyridine rings is 1. The molecule has 3 heterocycles. The van der Waals surface area contributed by atoms with Crippen LogP contribution in [0, 0.1) is 17.7 Å². The van der Waals surface area contributed by atoms with Gasteiger partial charge in [-0.1, -0.05) is 12.1 Å². The number of aliphatic hydroxyl groups excluding tert-OH is 1. The Labute approximate surface area is 152 Å². The van der Waals surface area contributed by atoms with Crippen LogP contribution in [-0.4, -0.2) is 40.5 Å². The molecule has 5 nitrogen and oxygen atoms in total. The van der Waals surface area contributed by atoms with Crippen molar-refractivity contribution in [3.63, 3.8) is 0 Å². The minimum atomic E-state index is -0.276. The molecule has 6 heteroatoms. The van der Waals surface area contributed by atoms with Crippen LogP contribution >= 0.6 is 0 Å². The predicted molar refractivity (Wildman–Crippen MR) is 95.9 cm³/mol. The lowest BCUT2D eigenvalue weighted by Crippen LogP contribution is -2.34. The van der Waals surface area contributed by atoms with E-state index in [2.05, 4.69) is 9.88 Å². The SMILES string of the molecule is CC(=O)N1C[C@H]2CN(c3cc(CO)ccn3)C[C@H]2[C@H]1c1cccc(F)c1. The van der Waals surface area contributed by atoms with Gasteiger partial charge in [-0.3, -0.25) is 4.79 Å². The van der Waals surface area contributed by atoms with Crippen LogP contribution in [0.15, 0.2) is 42.6 Å². The van der Waals surface area contributed by atoms with Crippen LogP contribution in [0.2, 0.25) is 0 Å². The highest BCUT2D eigenvalue weighted by Crippen LogP contribution is 2.45. The Bertz CT molecular complexity index is 828. The summed E-state index contributed by atoms with van der Waals surface area (Å²) in [7, 11) is 0. The second-order valence-corrected chi connectivity index (χ2v) is 7.18. The van der Waals surface area contributed by atoms with E-state index in [0.29, 0.717) is 12.5 Å². The van der Waals surface area contributed by atoms with Crippen molar-refractivity contribution in [2.75, 3.05) is 24.5 Å². The topological polar surface area (TPSA) is 56.7 Å². The molecule has 0 unspecified atom stereocenters. The number of likely N-dealkylation sites (tertiary alicyclic amines) is 1. The van der Waals surface area contributed by atoms with Crippen molar-refractivity contribution in [1.29, 1.82) is 0 Å². The van der Waals surface area contributed by atoms with E-state index in [0.717, 1.165) is 30.0 Å². The fourth-order valence-electron chi connectivity index (χ4n) is 4.41. The number of benzene rings is 1. The van der Waals surface area contributed by atoms with Gasteiger partial charge in [-0.2, -0.15) is 0 Å². The molecular weight excluding hydrogens is 333 g/mol. The smallest absolute Gasteiger partial charge is 0.219 e. The Morgan fingerprint density at radius 3 is 2.85 bits per heavy atom. The van der Waals surface area contributed by atoms with E-state index in [1.165, 1.54) is 12.1 Å². The van der Waals surface area contributed by atoms with Gasteiger partial charge in [0.25, 0.3) is 0 Å². The van der Waals surface area contributed by atoms with E-state index in [-0.39, 0.29) is 30.3 Å². The summed E-state index contributed by atoms with van der Waals surface area (Å²) in [5, 5.41) is 9.35. The number of amides is 1. The predicted octanol–water partition coefficient (Wildman–Crippen LogP) is 2.37. The lowest BCUT2D eigenvalue weighted by atomic mass is 9.89. The van der Waals surface area contributed by atoms with Crippen LogP contribution in [-0.2, 0) is 11.4 Å². The molecule has 136 valence electrons. The number of carbonyl (C=O) groups is 1. The average molecular weight is 355 g/mol. The van der Waals surface area contributed by atoms with E-state index in [1.54, 1.807) is 25.3 Å². The summed E-state index contributed by atoms with van der Waals surface area (Å²) in [6.07, 6.45) is 1.71. The Balaban J connectivity index is 1.63. The maximum absolute atomic E-state index is 13.8. The van der Waals surface area contributed by atoms with Crippen molar-refractivity contribution in [2.24, 2.45) is 11.8 Å². The van der Waals surface area contributed by atoms with Gasteiger partial charge < -0.3 is 14.9 Å². The quantitative estimate of drug-likeness (QED) is 0.918. The molecule has 1 amide bonds. The number of rotatable bonds is 3. The summed E-state index contributed by atoms with van der Waals surface area (Å²) in [4.78, 5) is 20.7. The Morgan fingerprint density at radius 1 is 1.27 bits per heavy atom. The van der Waals surface area contributed by atoms with Gasteiger partial charge >= 0.3 is 0 Å². The molecule has 1 N–H and O–H groups in total. The molecule has 2 aliphatic heterocycles. The van der Waals surface area contributed by atoms with Gasteiger partial charge in [0, 0.05) is 44.6 Å². The first-order chi connectivity index (χ1) is 12.6. The number of anilines is 1. The number of hydrogen-bond donors (Lipinski definition) is 1. The molecule has 3 atom stereocenters. The van der Waals surface area contributed by atoms with E-state index in [9.17, 15) is 14.3 Å². The van der Waals surface area contributed by atoms with Gasteiger partial charge in [0.15, 0.2) is 0 Å². The molecule has 0 spiro atoms. The summed E-state index contributed by atoms with van der Waals surface area (Å²) in [5.74, 6) is 1.16. The molecule has 2 fully saturated rings. The van der Waals surface area contributed by atoms with Crippen molar-refractivity contribution in [3.05, 3.63) is 59.5 Å². The molecule has 2 aromatic rings. The molecule has 0 radical (unpaired) electrons. The maximum Gasteiger partial charge on any atom is 0.219 e. The van der Waals surface area contributed by atoms with Crippen LogP contribution < -0.4 is 4.90 Å². The number of fused-ring (bicyclic) bond motifs is 1. The number of carbonyl (C=O) groups excluding carboxylic acids is 1. The third-order valence-corrected chi connectivity index (χ3v) is 5.58. The monoisotopic (exact) mass is 355 g/mol. The van der Waals surface area contributed by atoms with Crippen LogP contribution in [0.5, 0.6) is 0 Å². The molecule has 2 saturated heterocycles. The summed E-state index contributed by atoms with van der Waals surface area (Å²) in [5.41, 5.74) is 1.69. The van der Waals surface area contributed by atoms with Gasteiger partial charge in [-0.15, -0.1) is 0 Å². The Hall–Kier alpha value is -2.47. The zero-order valence-corrected chi connectivity index (χ0v) is 14.7. The van der Waals surface area contributed by atoms with Crippen molar-refractivity contribution < 1.29 is 14.3 Å². The normalized spacial score (nSPS) is 24.8. The largest absolute Gasteiger partial charge is 0.392 e. The standard InChI is InChI=1S/C20H22FN3O2/c1-13(26)24-10-16-9-23(19-7-14(12-25)5-6-22-19)11-18(16)20(24)15-3-2-4-17(21)8-15/h2-8,16,18,20,25H,9-12H2,1H3/t16-,18-,20-/m1/s1. The molecule has 0 bridgehead atoms. The molecule has 4 rings (SSSR count). The number of aromatic nitrogens is 1. The second kappa shape index (κ2) is 6.68. The molecular formula is C20H22FN3O2. The fourth-order valence-corrected chi connectivity index (χ4v) is 4.41. The minimum Gasteiger partial charge on any atom is -0.392 e. The van der Waals surface area contributed by atoms with Gasteiger partial charge in [0.2, 0.25) is 5.91 Å². The molecule has 2 aliphatic rings. The van der Waals surface area contributed by atoms with Gasteiger partial charge in [-0.25, -0.2) is 9.37 Å². The number of aliphatic hydroxyl groups is 1. The number of nitrogens with zero attached hydrogens (tertiary/aromatic N) is 3. The maximum atomic E-state index is 13.8. The minimum absolute atomic E-state index is 0.0136. The van der Waals surface area contributed by atoms with E-state index < -0.39 is 0 Å². The zero-order valence-electron chi connectivity index (χ0n) is 14.7. The van der Waals surface area contributed by atoms with Crippen molar-refractivity contribution in [2.45, 2.75) is 19.6 Å². The molecule has 0 aliphatic carbocycles. The van der Waals surface area contributed by atoms with Crippen LogP contribution in [0.3, 0.4) is 0 Å². The van der Waals surface area contributed by atoms with Gasteiger partial charge in [0.1, 0.15) is 11.6 Å². The van der Waals surface area contributed by atoms with Crippen molar-refractivity contribution in [1.82, 2.24) is 9.88 Å². The first-order valence-corrected chi connectivity index (χ1v) is 8.90. The van der Waals surface area contributed by atoms with Crippen LogP contribution in [0.1, 0.15) is 24.1 Å². The first-order valence-electron chi connectivity index (χ1n) is 8.90. The summed E-state index contributed by atoms with van der Waals surface area (Å²) >= 11 is 0. The third kappa shape index (κ3) is 2.94. The molecule has 1 aromatic heterocycles. The zero-order chi connectivity index (χ0) is 18.3. The van der Waals surface area contributed by atoms with Crippen LogP contribution in [0.25, 0.3) is 0 Å². The number of halogens is 1.